The van der Waals surface area contributed by atoms with E-state index in [9.17, 15) is 13.2 Å². The number of amides is 1. The van der Waals surface area contributed by atoms with Gasteiger partial charge in [0, 0.05) is 23.3 Å². The molecule has 28 heavy (non-hydrogen) atoms. The minimum Gasteiger partial charge on any atom is -0.497 e. The SMILES string of the molecule is CCC(C(=O)NCCSc1ccccc1)N(c1cccc(OC)c1)S(C)(=O)=O. The van der Waals surface area contributed by atoms with Gasteiger partial charge in [0.1, 0.15) is 11.8 Å². The van der Waals surface area contributed by atoms with Crippen molar-refractivity contribution in [3.05, 3.63) is 54.6 Å². The van der Waals surface area contributed by atoms with Crippen LogP contribution in [0, 0.1) is 0 Å². The molecule has 152 valence electrons. The van der Waals surface area contributed by atoms with Crippen molar-refractivity contribution in [2.45, 2.75) is 24.3 Å². The summed E-state index contributed by atoms with van der Waals surface area (Å²) in [5, 5.41) is 2.86. The normalized spacial score (nSPS) is 12.2. The Hall–Kier alpha value is -2.19. The standard InChI is InChI=1S/C20H26N2O4S2/c1-4-19(20(23)21-13-14-27-18-11-6-5-7-12-18)22(28(3,24)25)16-9-8-10-17(15-16)26-2/h5-12,15,19H,4,13-14H2,1-3H3,(H,21,23). The van der Waals surface area contributed by atoms with E-state index in [-0.39, 0.29) is 5.91 Å². The van der Waals surface area contributed by atoms with Crippen molar-refractivity contribution in [2.24, 2.45) is 0 Å². The Morgan fingerprint density at radius 2 is 1.89 bits per heavy atom. The minimum absolute atomic E-state index is 0.315. The first kappa shape index (κ1) is 22.1. The smallest absolute Gasteiger partial charge is 0.243 e. The van der Waals surface area contributed by atoms with E-state index in [1.165, 1.54) is 7.11 Å². The van der Waals surface area contributed by atoms with Gasteiger partial charge in [-0.3, -0.25) is 9.10 Å². The molecule has 1 atom stereocenters. The van der Waals surface area contributed by atoms with E-state index < -0.39 is 16.1 Å². The van der Waals surface area contributed by atoms with Crippen molar-refractivity contribution in [2.75, 3.05) is 30.0 Å². The summed E-state index contributed by atoms with van der Waals surface area (Å²) in [7, 11) is -2.15. The highest BCUT2D eigenvalue weighted by molar-refractivity contribution is 7.99. The van der Waals surface area contributed by atoms with Crippen molar-refractivity contribution < 1.29 is 17.9 Å². The lowest BCUT2D eigenvalue weighted by Gasteiger charge is -2.30. The van der Waals surface area contributed by atoms with Crippen molar-refractivity contribution in [3.63, 3.8) is 0 Å². The van der Waals surface area contributed by atoms with Crippen LogP contribution in [0.1, 0.15) is 13.3 Å². The van der Waals surface area contributed by atoms with Crippen LogP contribution >= 0.6 is 11.8 Å². The highest BCUT2D eigenvalue weighted by Gasteiger charge is 2.31. The molecule has 0 aromatic heterocycles. The van der Waals surface area contributed by atoms with Crippen molar-refractivity contribution in [1.29, 1.82) is 0 Å². The molecular weight excluding hydrogens is 396 g/mol. The second-order valence-corrected chi connectivity index (χ2v) is 9.16. The Morgan fingerprint density at radius 3 is 2.50 bits per heavy atom. The minimum atomic E-state index is -3.66. The predicted octanol–water partition coefficient (Wildman–Crippen LogP) is 3.15. The highest BCUT2D eigenvalue weighted by atomic mass is 32.2. The number of nitrogens with zero attached hydrogens (tertiary/aromatic N) is 1. The molecule has 0 spiro atoms. The number of carbonyl (C=O) groups is 1. The van der Waals surface area contributed by atoms with Crippen LogP contribution in [0.25, 0.3) is 0 Å². The van der Waals surface area contributed by atoms with Gasteiger partial charge in [-0.2, -0.15) is 0 Å². The molecule has 0 heterocycles. The predicted molar refractivity (Wildman–Crippen MR) is 115 cm³/mol. The first-order valence-corrected chi connectivity index (χ1v) is 11.8. The number of carbonyl (C=O) groups excluding carboxylic acids is 1. The number of rotatable bonds is 10. The molecule has 0 aliphatic heterocycles. The molecule has 0 aliphatic carbocycles. The number of sulfonamides is 1. The second kappa shape index (κ2) is 10.4. The van der Waals surface area contributed by atoms with E-state index in [4.69, 9.17) is 4.74 Å². The molecule has 0 saturated carbocycles. The number of methoxy groups -OCH3 is 1. The van der Waals surface area contributed by atoms with E-state index >= 15 is 0 Å². The quantitative estimate of drug-likeness (QED) is 0.470. The summed E-state index contributed by atoms with van der Waals surface area (Å²) in [4.78, 5) is 13.9. The third-order valence-corrected chi connectivity index (χ3v) is 6.24. The lowest BCUT2D eigenvalue weighted by molar-refractivity contribution is -0.122. The lowest BCUT2D eigenvalue weighted by atomic mass is 10.2. The summed E-state index contributed by atoms with van der Waals surface area (Å²) in [5.41, 5.74) is 0.405. The second-order valence-electron chi connectivity index (χ2n) is 6.14. The fourth-order valence-corrected chi connectivity index (χ4v) is 4.78. The zero-order valence-corrected chi connectivity index (χ0v) is 17.9. The number of anilines is 1. The van der Waals surface area contributed by atoms with Crippen LogP contribution in [0.2, 0.25) is 0 Å². The zero-order valence-electron chi connectivity index (χ0n) is 16.3. The van der Waals surface area contributed by atoms with Crippen LogP contribution in [-0.4, -0.2) is 46.0 Å². The molecule has 1 N–H and O–H groups in total. The van der Waals surface area contributed by atoms with E-state index in [2.05, 4.69) is 5.32 Å². The number of ether oxygens (including phenoxy) is 1. The fourth-order valence-electron chi connectivity index (χ4n) is 2.79. The Morgan fingerprint density at radius 1 is 1.18 bits per heavy atom. The molecule has 2 aromatic carbocycles. The van der Waals surface area contributed by atoms with E-state index in [0.29, 0.717) is 30.2 Å². The highest BCUT2D eigenvalue weighted by Crippen LogP contribution is 2.26. The summed E-state index contributed by atoms with van der Waals surface area (Å²) in [5.74, 6) is 0.912. The molecule has 6 nitrogen and oxygen atoms in total. The molecule has 2 rings (SSSR count). The van der Waals surface area contributed by atoms with Gasteiger partial charge < -0.3 is 10.1 Å². The van der Waals surface area contributed by atoms with Crippen molar-refractivity contribution in [1.82, 2.24) is 5.32 Å². The van der Waals surface area contributed by atoms with Gasteiger partial charge in [-0.15, -0.1) is 11.8 Å². The van der Waals surface area contributed by atoms with E-state index in [1.807, 2.05) is 30.3 Å². The van der Waals surface area contributed by atoms with Crippen molar-refractivity contribution >= 4 is 33.4 Å². The molecule has 1 unspecified atom stereocenters. The van der Waals surface area contributed by atoms with E-state index in [0.717, 1.165) is 15.5 Å². The number of hydrogen-bond donors (Lipinski definition) is 1. The van der Waals surface area contributed by atoms with Gasteiger partial charge in [0.25, 0.3) is 0 Å². The maximum Gasteiger partial charge on any atom is 0.243 e. The van der Waals surface area contributed by atoms with Crippen LogP contribution in [-0.2, 0) is 14.8 Å². The van der Waals surface area contributed by atoms with Gasteiger partial charge in [0.05, 0.1) is 19.1 Å². The monoisotopic (exact) mass is 422 g/mol. The summed E-state index contributed by atoms with van der Waals surface area (Å²) in [6.45, 7) is 2.24. The van der Waals surface area contributed by atoms with Gasteiger partial charge >= 0.3 is 0 Å². The summed E-state index contributed by atoms with van der Waals surface area (Å²) >= 11 is 1.63. The number of benzene rings is 2. The van der Waals surface area contributed by atoms with Crippen molar-refractivity contribution in [3.8, 4) is 5.75 Å². The molecule has 1 amide bonds. The molecule has 0 fully saturated rings. The molecule has 8 heteroatoms. The maximum atomic E-state index is 12.7. The molecule has 0 radical (unpaired) electrons. The average molecular weight is 423 g/mol. The van der Waals surface area contributed by atoms with Crippen LogP contribution < -0.4 is 14.4 Å². The third kappa shape index (κ3) is 6.17. The van der Waals surface area contributed by atoms with Crippen LogP contribution in [0.3, 0.4) is 0 Å². The molecule has 0 aliphatic rings. The van der Waals surface area contributed by atoms with Gasteiger partial charge in [0.15, 0.2) is 0 Å². The Bertz CT molecular complexity index is 873. The summed E-state index contributed by atoms with van der Waals surface area (Å²) < 4.78 is 31.3. The number of thioether (sulfide) groups is 1. The first-order valence-electron chi connectivity index (χ1n) is 8.95. The molecule has 0 bridgehead atoms. The Balaban J connectivity index is 2.08. The maximum absolute atomic E-state index is 12.7. The lowest BCUT2D eigenvalue weighted by Crippen LogP contribution is -2.49. The Labute approximate surface area is 171 Å². The number of nitrogens with one attached hydrogen (secondary N) is 1. The van der Waals surface area contributed by atoms with Crippen LogP contribution in [0.15, 0.2) is 59.5 Å². The number of hydrogen-bond acceptors (Lipinski definition) is 5. The average Bonchev–Trinajstić information content (AvgIpc) is 2.69. The van der Waals surface area contributed by atoms with Crippen LogP contribution in [0.4, 0.5) is 5.69 Å². The topological polar surface area (TPSA) is 75.7 Å². The fraction of sp³-hybridized carbons (Fsp3) is 0.350. The zero-order chi connectivity index (χ0) is 20.6. The molecule has 2 aromatic rings. The summed E-state index contributed by atoms with van der Waals surface area (Å²) in [6.07, 6.45) is 1.45. The van der Waals surface area contributed by atoms with Gasteiger partial charge in [-0.1, -0.05) is 31.2 Å². The largest absolute Gasteiger partial charge is 0.497 e. The van der Waals surface area contributed by atoms with E-state index in [1.54, 1.807) is 43.0 Å². The molecule has 0 saturated heterocycles. The Kier molecular flexibility index (Phi) is 8.19. The summed E-state index contributed by atoms with van der Waals surface area (Å²) in [6, 6.07) is 15.8. The first-order chi connectivity index (χ1) is 13.4. The molecular formula is C20H26N2O4S2. The third-order valence-electron chi connectivity index (χ3n) is 4.05. The van der Waals surface area contributed by atoms with Crippen LogP contribution in [0.5, 0.6) is 5.75 Å². The van der Waals surface area contributed by atoms with Gasteiger partial charge in [0.2, 0.25) is 15.9 Å². The van der Waals surface area contributed by atoms with Gasteiger partial charge in [-0.05, 0) is 30.7 Å². The van der Waals surface area contributed by atoms with Gasteiger partial charge in [-0.25, -0.2) is 8.42 Å².